The number of aryl methyl sites for hydroxylation is 3. The Bertz CT molecular complexity index is 912. The van der Waals surface area contributed by atoms with E-state index in [0.717, 1.165) is 17.8 Å². The van der Waals surface area contributed by atoms with Crippen LogP contribution >= 0.6 is 0 Å². The van der Waals surface area contributed by atoms with Crippen LogP contribution in [-0.2, 0) is 6.42 Å². The van der Waals surface area contributed by atoms with Crippen molar-refractivity contribution in [2.75, 3.05) is 11.9 Å². The maximum absolute atomic E-state index is 12.4. The van der Waals surface area contributed by atoms with Crippen molar-refractivity contribution in [2.24, 2.45) is 0 Å². The van der Waals surface area contributed by atoms with Crippen LogP contribution in [-0.4, -0.2) is 17.4 Å². The van der Waals surface area contributed by atoms with Crippen molar-refractivity contribution < 1.29 is 4.79 Å². The first-order chi connectivity index (χ1) is 13.0. The van der Waals surface area contributed by atoms with Crippen LogP contribution in [0.25, 0.3) is 0 Å². The topological polar surface area (TPSA) is 54.0 Å². The molecule has 2 N–H and O–H groups in total. The number of pyridine rings is 1. The van der Waals surface area contributed by atoms with Crippen molar-refractivity contribution in [2.45, 2.75) is 27.2 Å². The second kappa shape index (κ2) is 8.49. The van der Waals surface area contributed by atoms with Gasteiger partial charge in [0, 0.05) is 18.4 Å². The lowest BCUT2D eigenvalue weighted by molar-refractivity contribution is 0.0954. The molecule has 138 valence electrons. The summed E-state index contributed by atoms with van der Waals surface area (Å²) in [5, 5.41) is 6.36. The summed E-state index contributed by atoms with van der Waals surface area (Å²) < 4.78 is 0. The third kappa shape index (κ3) is 4.94. The van der Waals surface area contributed by atoms with Gasteiger partial charge < -0.3 is 10.6 Å². The van der Waals surface area contributed by atoms with E-state index >= 15 is 0 Å². The second-order valence-electron chi connectivity index (χ2n) is 6.85. The normalized spacial score (nSPS) is 10.5. The molecule has 0 unspecified atom stereocenters. The number of benzene rings is 2. The number of nitrogens with zero attached hydrogens (tertiary/aromatic N) is 1. The van der Waals surface area contributed by atoms with Gasteiger partial charge in [-0.2, -0.15) is 0 Å². The summed E-state index contributed by atoms with van der Waals surface area (Å²) in [7, 11) is 0. The van der Waals surface area contributed by atoms with Gasteiger partial charge in [-0.05, 0) is 49.9 Å². The van der Waals surface area contributed by atoms with E-state index in [4.69, 9.17) is 0 Å². The lowest BCUT2D eigenvalue weighted by Crippen LogP contribution is -2.25. The van der Waals surface area contributed by atoms with E-state index in [1.54, 1.807) is 12.4 Å². The van der Waals surface area contributed by atoms with Gasteiger partial charge in [0.2, 0.25) is 0 Å². The van der Waals surface area contributed by atoms with Crippen molar-refractivity contribution in [3.8, 4) is 0 Å². The highest BCUT2D eigenvalue weighted by Gasteiger charge is 2.09. The zero-order valence-electron chi connectivity index (χ0n) is 16.0. The number of aromatic nitrogens is 1. The fourth-order valence-electron chi connectivity index (χ4n) is 3.22. The zero-order valence-corrected chi connectivity index (χ0v) is 16.0. The molecule has 0 atom stereocenters. The predicted molar refractivity (Wildman–Crippen MR) is 111 cm³/mol. The molecule has 1 heterocycles. The molecule has 0 fully saturated rings. The van der Waals surface area contributed by atoms with Crippen molar-refractivity contribution in [3.63, 3.8) is 0 Å². The monoisotopic (exact) mass is 359 g/mol. The molecule has 0 aliphatic rings. The minimum atomic E-state index is -0.112. The Morgan fingerprint density at radius 2 is 1.67 bits per heavy atom. The van der Waals surface area contributed by atoms with Gasteiger partial charge in [-0.3, -0.25) is 9.78 Å². The average molecular weight is 359 g/mol. The highest BCUT2D eigenvalue weighted by Crippen LogP contribution is 2.25. The third-order valence-corrected chi connectivity index (χ3v) is 4.49. The molecule has 4 heteroatoms. The molecule has 0 spiro atoms. The summed E-state index contributed by atoms with van der Waals surface area (Å²) in [4.78, 5) is 16.7. The van der Waals surface area contributed by atoms with Gasteiger partial charge in [-0.25, -0.2) is 0 Å². The van der Waals surface area contributed by atoms with E-state index in [1.807, 2.05) is 24.3 Å². The van der Waals surface area contributed by atoms with Gasteiger partial charge in [0.1, 0.15) is 0 Å². The van der Waals surface area contributed by atoms with Crippen LogP contribution in [0.2, 0.25) is 0 Å². The Morgan fingerprint density at radius 3 is 2.37 bits per heavy atom. The number of amides is 1. The van der Waals surface area contributed by atoms with Gasteiger partial charge in [-0.15, -0.1) is 0 Å². The molecule has 0 saturated carbocycles. The molecule has 3 aromatic rings. The molecule has 0 radical (unpaired) electrons. The first-order valence-corrected chi connectivity index (χ1v) is 9.15. The molecule has 3 rings (SSSR count). The van der Waals surface area contributed by atoms with Gasteiger partial charge in [-0.1, -0.05) is 48.0 Å². The highest BCUT2D eigenvalue weighted by molar-refractivity contribution is 5.94. The summed E-state index contributed by atoms with van der Waals surface area (Å²) in [5.41, 5.74) is 7.20. The molecule has 0 saturated heterocycles. The molecule has 0 aliphatic heterocycles. The predicted octanol–water partition coefficient (Wildman–Crippen LogP) is 4.72. The molecular weight excluding hydrogens is 334 g/mol. The molecule has 0 bridgehead atoms. The Hall–Kier alpha value is -3.14. The van der Waals surface area contributed by atoms with Crippen LogP contribution in [0.1, 0.15) is 32.6 Å². The number of hydrogen-bond donors (Lipinski definition) is 2. The average Bonchev–Trinajstić information content (AvgIpc) is 2.66. The minimum Gasteiger partial charge on any atom is -0.354 e. The van der Waals surface area contributed by atoms with Gasteiger partial charge in [0.05, 0.1) is 17.4 Å². The number of rotatable bonds is 6. The Labute approximate surface area is 160 Å². The molecular formula is C23H25N3O. The summed E-state index contributed by atoms with van der Waals surface area (Å²) in [6.07, 6.45) is 4.14. The molecule has 0 aliphatic carbocycles. The van der Waals surface area contributed by atoms with E-state index in [2.05, 4.69) is 60.7 Å². The van der Waals surface area contributed by atoms with Crippen LogP contribution in [0.3, 0.4) is 0 Å². The van der Waals surface area contributed by atoms with Crippen LogP contribution in [0.15, 0.2) is 60.9 Å². The number of carbonyl (C=O) groups excluding carboxylic acids is 1. The molecule has 1 amide bonds. The van der Waals surface area contributed by atoms with Crippen LogP contribution in [0.5, 0.6) is 0 Å². The maximum Gasteiger partial charge on any atom is 0.252 e. The van der Waals surface area contributed by atoms with Crippen molar-refractivity contribution >= 4 is 17.3 Å². The third-order valence-electron chi connectivity index (χ3n) is 4.49. The lowest BCUT2D eigenvalue weighted by atomic mass is 10.0. The van der Waals surface area contributed by atoms with Crippen LogP contribution < -0.4 is 10.6 Å². The van der Waals surface area contributed by atoms with E-state index in [0.29, 0.717) is 12.1 Å². The van der Waals surface area contributed by atoms with Crippen molar-refractivity contribution in [3.05, 3.63) is 88.7 Å². The highest BCUT2D eigenvalue weighted by atomic mass is 16.1. The fraction of sp³-hybridized carbons (Fsp3) is 0.217. The number of carbonyl (C=O) groups is 1. The summed E-state index contributed by atoms with van der Waals surface area (Å²) in [6, 6.07) is 16.2. The Morgan fingerprint density at radius 1 is 0.963 bits per heavy atom. The number of hydrogen-bond acceptors (Lipinski definition) is 3. The molecule has 1 aromatic heterocycles. The summed E-state index contributed by atoms with van der Waals surface area (Å²) >= 11 is 0. The standard InChI is InChI=1S/C23H25N3O/c1-16-11-17(2)22(18(3)12-16)26-21-13-20(14-24-15-21)23(27)25-10-9-19-7-5-4-6-8-19/h4-8,11-15,26H,9-10H2,1-3H3,(H,25,27). The number of anilines is 2. The summed E-state index contributed by atoms with van der Waals surface area (Å²) in [6.45, 7) is 6.84. The van der Waals surface area contributed by atoms with Crippen LogP contribution in [0, 0.1) is 20.8 Å². The minimum absolute atomic E-state index is 0.112. The largest absolute Gasteiger partial charge is 0.354 e. The first-order valence-electron chi connectivity index (χ1n) is 9.15. The van der Waals surface area contributed by atoms with Crippen molar-refractivity contribution in [1.29, 1.82) is 0 Å². The zero-order chi connectivity index (χ0) is 19.2. The van der Waals surface area contributed by atoms with E-state index < -0.39 is 0 Å². The van der Waals surface area contributed by atoms with Crippen molar-refractivity contribution in [1.82, 2.24) is 10.3 Å². The quantitative estimate of drug-likeness (QED) is 0.669. The van der Waals surface area contributed by atoms with Gasteiger partial charge in [0.15, 0.2) is 0 Å². The maximum atomic E-state index is 12.4. The van der Waals surface area contributed by atoms with Gasteiger partial charge >= 0.3 is 0 Å². The number of nitrogens with one attached hydrogen (secondary N) is 2. The smallest absolute Gasteiger partial charge is 0.252 e. The van der Waals surface area contributed by atoms with E-state index in [1.165, 1.54) is 22.3 Å². The fourth-order valence-corrected chi connectivity index (χ4v) is 3.22. The second-order valence-corrected chi connectivity index (χ2v) is 6.85. The summed E-state index contributed by atoms with van der Waals surface area (Å²) in [5.74, 6) is -0.112. The SMILES string of the molecule is Cc1cc(C)c(Nc2cncc(C(=O)NCCc3ccccc3)c2)c(C)c1. The molecule has 27 heavy (non-hydrogen) atoms. The Balaban J connectivity index is 1.65. The van der Waals surface area contributed by atoms with E-state index in [9.17, 15) is 4.79 Å². The first kappa shape index (κ1) is 18.6. The Kier molecular flexibility index (Phi) is 5.87. The van der Waals surface area contributed by atoms with E-state index in [-0.39, 0.29) is 5.91 Å². The van der Waals surface area contributed by atoms with Crippen LogP contribution in [0.4, 0.5) is 11.4 Å². The molecule has 4 nitrogen and oxygen atoms in total. The lowest BCUT2D eigenvalue weighted by Gasteiger charge is -2.14. The molecule has 2 aromatic carbocycles. The van der Waals surface area contributed by atoms with Gasteiger partial charge in [0.25, 0.3) is 5.91 Å².